The molecule has 11 heteroatoms. The number of nitrogens with one attached hydrogen (secondary N) is 2. The van der Waals surface area contributed by atoms with Crippen molar-refractivity contribution < 1.29 is 29.0 Å². The Hall–Kier alpha value is -5.03. The van der Waals surface area contributed by atoms with Crippen molar-refractivity contribution in [3.63, 3.8) is 0 Å². The second-order valence-electron chi connectivity index (χ2n) is 10.0. The molecule has 1 aliphatic heterocycles. The highest BCUT2D eigenvalue weighted by Crippen LogP contribution is 2.40. The highest BCUT2D eigenvalue weighted by atomic mass is 32.1. The molecule has 0 saturated carbocycles. The topological polar surface area (TPSA) is 145 Å². The van der Waals surface area contributed by atoms with Gasteiger partial charge < -0.3 is 30.2 Å². The monoisotopic (exact) mass is 584 g/mol. The highest BCUT2D eigenvalue weighted by molar-refractivity contribution is 7.80. The van der Waals surface area contributed by atoms with Crippen LogP contribution < -0.4 is 10.6 Å². The maximum atomic E-state index is 13.0. The number of pyridine rings is 1. The van der Waals surface area contributed by atoms with Gasteiger partial charge in [-0.15, -0.1) is 0 Å². The molecule has 1 aliphatic rings. The first-order valence-electron chi connectivity index (χ1n) is 13.2. The van der Waals surface area contributed by atoms with Crippen molar-refractivity contribution in [1.82, 2.24) is 15.2 Å². The van der Waals surface area contributed by atoms with Gasteiger partial charge in [-0.05, 0) is 85.7 Å². The molecule has 10 nitrogen and oxygen atoms in total. The van der Waals surface area contributed by atoms with Crippen LogP contribution in [0.25, 0.3) is 11.3 Å². The van der Waals surface area contributed by atoms with E-state index in [0.29, 0.717) is 27.9 Å². The number of carboxylic acid groups (broad SMARTS) is 2. The maximum absolute atomic E-state index is 13.0. The fourth-order valence-corrected chi connectivity index (χ4v) is 5.28. The number of carbonyl (C=O) groups excluding carboxylic acids is 1. The first kappa shape index (κ1) is 28.5. The van der Waals surface area contributed by atoms with Gasteiger partial charge in [0.25, 0.3) is 0 Å². The zero-order valence-corrected chi connectivity index (χ0v) is 23.6. The summed E-state index contributed by atoms with van der Waals surface area (Å²) in [5.41, 5.74) is 3.43. The lowest BCUT2D eigenvalue weighted by Gasteiger charge is -2.26. The number of benzene rings is 2. The molecule has 1 saturated heterocycles. The van der Waals surface area contributed by atoms with Gasteiger partial charge in [0, 0.05) is 30.4 Å². The fraction of sp³-hybridized carbons (Fsp3) is 0.194. The van der Waals surface area contributed by atoms with Crippen molar-refractivity contribution >= 4 is 40.9 Å². The Balaban J connectivity index is 1.45. The highest BCUT2D eigenvalue weighted by Gasteiger charge is 2.41. The average Bonchev–Trinajstić information content (AvgIpc) is 3.58. The summed E-state index contributed by atoms with van der Waals surface area (Å²) in [5, 5.41) is 25.7. The van der Waals surface area contributed by atoms with Gasteiger partial charge >= 0.3 is 11.9 Å². The number of aryl methyl sites for hydroxylation is 2. The number of amides is 1. The molecule has 4 aromatic rings. The van der Waals surface area contributed by atoms with Gasteiger partial charge in [0.1, 0.15) is 17.6 Å². The number of rotatable bonds is 9. The van der Waals surface area contributed by atoms with Crippen LogP contribution in [0.5, 0.6) is 0 Å². The Morgan fingerprint density at radius 3 is 2.40 bits per heavy atom. The lowest BCUT2D eigenvalue weighted by Crippen LogP contribution is -2.32. The average molecular weight is 585 g/mol. The first-order chi connectivity index (χ1) is 20.1. The van der Waals surface area contributed by atoms with Crippen LogP contribution in [0, 0.1) is 13.8 Å². The third-order valence-electron chi connectivity index (χ3n) is 7.07. The van der Waals surface area contributed by atoms with Gasteiger partial charge in [-0.1, -0.05) is 18.2 Å². The molecule has 5 rings (SSSR count). The van der Waals surface area contributed by atoms with Crippen LogP contribution in [0.1, 0.15) is 61.8 Å². The van der Waals surface area contributed by atoms with E-state index in [9.17, 15) is 24.6 Å². The van der Waals surface area contributed by atoms with Gasteiger partial charge in [0.15, 0.2) is 5.11 Å². The third-order valence-corrected chi connectivity index (χ3v) is 7.43. The molecule has 2 aromatic heterocycles. The molecule has 42 heavy (non-hydrogen) atoms. The molecule has 214 valence electrons. The number of aromatic carboxylic acids is 2. The number of nitrogens with zero attached hydrogens (tertiary/aromatic N) is 2. The molecule has 3 heterocycles. The van der Waals surface area contributed by atoms with Crippen molar-refractivity contribution in [3.8, 4) is 11.3 Å². The minimum absolute atomic E-state index is 0.150. The fourth-order valence-electron chi connectivity index (χ4n) is 4.94. The van der Waals surface area contributed by atoms with Crippen molar-refractivity contribution in [2.45, 2.75) is 32.4 Å². The normalized spacial score (nSPS) is 16.2. The largest absolute Gasteiger partial charge is 0.478 e. The van der Waals surface area contributed by atoms with Gasteiger partial charge in [0.05, 0.1) is 22.9 Å². The molecule has 2 aromatic carbocycles. The summed E-state index contributed by atoms with van der Waals surface area (Å²) in [6.07, 6.45) is 1.83. The van der Waals surface area contributed by atoms with E-state index in [1.54, 1.807) is 18.3 Å². The molecule has 1 amide bonds. The Morgan fingerprint density at radius 2 is 1.74 bits per heavy atom. The number of carboxylic acids is 2. The molecular formula is C31H28N4O6S. The molecule has 0 aliphatic carbocycles. The number of anilines is 1. The van der Waals surface area contributed by atoms with Crippen LogP contribution in [0.4, 0.5) is 5.69 Å². The van der Waals surface area contributed by atoms with Crippen molar-refractivity contribution in [1.29, 1.82) is 0 Å². The molecule has 0 radical (unpaired) electrons. The van der Waals surface area contributed by atoms with Gasteiger partial charge in [-0.3, -0.25) is 9.78 Å². The molecule has 1 fully saturated rings. The Kier molecular flexibility index (Phi) is 8.03. The van der Waals surface area contributed by atoms with E-state index in [-0.39, 0.29) is 30.0 Å². The summed E-state index contributed by atoms with van der Waals surface area (Å²) >= 11 is 5.69. The van der Waals surface area contributed by atoms with Crippen LogP contribution in [0.3, 0.4) is 0 Å². The van der Waals surface area contributed by atoms with E-state index in [2.05, 4.69) is 15.6 Å². The number of hydrogen-bond acceptors (Lipinski definition) is 6. The third kappa shape index (κ3) is 6.01. The summed E-state index contributed by atoms with van der Waals surface area (Å²) in [6, 6.07) is 17.7. The van der Waals surface area contributed by atoms with E-state index in [4.69, 9.17) is 16.6 Å². The lowest BCUT2D eigenvalue weighted by molar-refractivity contribution is -0.116. The van der Waals surface area contributed by atoms with Crippen LogP contribution in [-0.4, -0.2) is 49.6 Å². The Bertz CT molecular complexity index is 1650. The SMILES string of the molecule is Cc1ccc(C)c(NC(=O)CCN2C(=S)N[C@H](c3ccccn3)[C@@H]2c2ccc(-c3cc(C(=O)O)cc(C(=O)O)c3)o2)c1. The zero-order valence-electron chi connectivity index (χ0n) is 22.8. The van der Waals surface area contributed by atoms with E-state index in [1.807, 2.05) is 55.1 Å². The molecular weight excluding hydrogens is 556 g/mol. The minimum atomic E-state index is -1.25. The molecule has 0 unspecified atom stereocenters. The standard InChI is InChI=1S/C31H28N4O6S/c1-17-6-7-18(2)23(13-17)33-26(36)10-12-35-28(27(34-31(35)42)22-5-3-4-11-32-22)25-9-8-24(41-25)19-14-20(29(37)38)16-21(15-19)30(39)40/h3-9,11,13-16,27-28H,10,12H2,1-2H3,(H,33,36)(H,34,42)(H,37,38)(H,39,40)/t27-,28+/m1/s1. The summed E-state index contributed by atoms with van der Waals surface area (Å²) in [7, 11) is 0. The van der Waals surface area contributed by atoms with E-state index in [0.717, 1.165) is 22.9 Å². The minimum Gasteiger partial charge on any atom is -0.478 e. The smallest absolute Gasteiger partial charge is 0.335 e. The molecule has 0 bridgehead atoms. The summed E-state index contributed by atoms with van der Waals surface area (Å²) in [6.45, 7) is 4.18. The van der Waals surface area contributed by atoms with Crippen LogP contribution in [0.15, 0.2) is 77.3 Å². The summed E-state index contributed by atoms with van der Waals surface area (Å²) < 4.78 is 6.23. The Morgan fingerprint density at radius 1 is 1.00 bits per heavy atom. The van der Waals surface area contributed by atoms with E-state index < -0.39 is 24.0 Å². The summed E-state index contributed by atoms with van der Waals surface area (Å²) in [4.78, 5) is 42.6. The number of furan rings is 1. The van der Waals surface area contributed by atoms with Crippen molar-refractivity contribution in [2.24, 2.45) is 0 Å². The van der Waals surface area contributed by atoms with Gasteiger partial charge in [0.2, 0.25) is 5.91 Å². The van der Waals surface area contributed by atoms with Crippen LogP contribution in [0.2, 0.25) is 0 Å². The number of carbonyl (C=O) groups is 3. The van der Waals surface area contributed by atoms with E-state index >= 15 is 0 Å². The maximum Gasteiger partial charge on any atom is 0.335 e. The van der Waals surface area contributed by atoms with Crippen molar-refractivity contribution in [2.75, 3.05) is 11.9 Å². The summed E-state index contributed by atoms with van der Waals surface area (Å²) in [5.74, 6) is -1.89. The Labute approximate surface area is 247 Å². The zero-order chi connectivity index (χ0) is 30.0. The second-order valence-corrected chi connectivity index (χ2v) is 10.4. The first-order valence-corrected chi connectivity index (χ1v) is 13.6. The second kappa shape index (κ2) is 11.8. The predicted octanol–water partition coefficient (Wildman–Crippen LogP) is 5.36. The quantitative estimate of drug-likeness (QED) is 0.190. The van der Waals surface area contributed by atoms with Gasteiger partial charge in [-0.2, -0.15) is 0 Å². The van der Waals surface area contributed by atoms with Crippen LogP contribution >= 0.6 is 12.2 Å². The van der Waals surface area contributed by atoms with Crippen molar-refractivity contribution in [3.05, 3.63) is 107 Å². The lowest BCUT2D eigenvalue weighted by atomic mass is 10.0. The molecule has 4 N–H and O–H groups in total. The molecule has 0 spiro atoms. The number of thiocarbonyl (C=S) groups is 1. The van der Waals surface area contributed by atoms with Crippen LogP contribution in [-0.2, 0) is 4.79 Å². The predicted molar refractivity (Wildman–Crippen MR) is 159 cm³/mol. The van der Waals surface area contributed by atoms with E-state index in [1.165, 1.54) is 12.1 Å². The number of hydrogen-bond donors (Lipinski definition) is 4. The number of aromatic nitrogens is 1. The molecule has 2 atom stereocenters. The van der Waals surface area contributed by atoms with Gasteiger partial charge in [-0.25, -0.2) is 9.59 Å².